The van der Waals surface area contributed by atoms with Gasteiger partial charge in [0.1, 0.15) is 30.8 Å². The number of esters is 2. The molecule has 0 bridgehead atoms. The number of hydrogen-bond donors (Lipinski definition) is 1. The summed E-state index contributed by atoms with van der Waals surface area (Å²) in [6, 6.07) is 15.1. The van der Waals surface area contributed by atoms with Crippen LogP contribution in [0.4, 0.5) is 0 Å². The van der Waals surface area contributed by atoms with Crippen LogP contribution in [0.15, 0.2) is 73.8 Å². The van der Waals surface area contributed by atoms with Crippen molar-refractivity contribution in [2.75, 3.05) is 13.2 Å². The number of aliphatic hydroxyl groups excluding tert-OH is 1. The summed E-state index contributed by atoms with van der Waals surface area (Å²) >= 11 is 0. The van der Waals surface area contributed by atoms with Gasteiger partial charge in [0.05, 0.1) is 0 Å². The van der Waals surface area contributed by atoms with Crippen LogP contribution in [-0.2, 0) is 24.5 Å². The molecule has 2 rings (SSSR count). The predicted octanol–water partition coefficient (Wildman–Crippen LogP) is 3.94. The fourth-order valence-corrected chi connectivity index (χ4v) is 2.99. The van der Waals surface area contributed by atoms with Crippen LogP contribution in [0.25, 0.3) is 0 Å². The second-order valence-corrected chi connectivity index (χ2v) is 7.80. The van der Waals surface area contributed by atoms with E-state index in [0.717, 1.165) is 23.3 Å². The molecular weight excluding hydrogens is 424 g/mol. The highest BCUT2D eigenvalue weighted by atomic mass is 16.7. The SMILES string of the molecule is C=CC(=O)OCC(O)COc1ccc(C(C)(C)c2ccc(OC(C)OC(=O)C=C)cc2)cc1. The van der Waals surface area contributed by atoms with Gasteiger partial charge in [-0.05, 0) is 35.4 Å². The fraction of sp³-hybridized carbons (Fsp3) is 0.308. The highest BCUT2D eigenvalue weighted by Gasteiger charge is 2.23. The van der Waals surface area contributed by atoms with E-state index in [0.29, 0.717) is 11.5 Å². The van der Waals surface area contributed by atoms with Gasteiger partial charge in [-0.15, -0.1) is 0 Å². The van der Waals surface area contributed by atoms with Crippen molar-refractivity contribution in [1.82, 2.24) is 0 Å². The van der Waals surface area contributed by atoms with Crippen molar-refractivity contribution in [1.29, 1.82) is 0 Å². The lowest BCUT2D eigenvalue weighted by molar-refractivity contribution is -0.155. The van der Waals surface area contributed by atoms with Crippen molar-refractivity contribution in [3.05, 3.63) is 85.0 Å². The molecule has 2 aromatic rings. The summed E-state index contributed by atoms with van der Waals surface area (Å²) in [5.74, 6) is 0.0413. The highest BCUT2D eigenvalue weighted by molar-refractivity contribution is 5.81. The second-order valence-electron chi connectivity index (χ2n) is 7.80. The first-order valence-corrected chi connectivity index (χ1v) is 10.5. The van der Waals surface area contributed by atoms with E-state index in [1.54, 1.807) is 6.92 Å². The number of carbonyl (C=O) groups excluding carboxylic acids is 2. The van der Waals surface area contributed by atoms with Crippen LogP contribution in [0.5, 0.6) is 11.5 Å². The average molecular weight is 455 g/mol. The summed E-state index contributed by atoms with van der Waals surface area (Å²) in [5, 5.41) is 9.84. The third kappa shape index (κ3) is 7.80. The average Bonchev–Trinajstić information content (AvgIpc) is 2.81. The Bertz CT molecular complexity index is 946. The largest absolute Gasteiger partial charge is 0.491 e. The Morgan fingerprint density at radius 2 is 1.42 bits per heavy atom. The normalized spacial score (nSPS) is 12.7. The summed E-state index contributed by atoms with van der Waals surface area (Å²) in [7, 11) is 0. The molecule has 33 heavy (non-hydrogen) atoms. The Kier molecular flexibility index (Phi) is 9.24. The van der Waals surface area contributed by atoms with Crippen molar-refractivity contribution in [3.8, 4) is 11.5 Å². The minimum Gasteiger partial charge on any atom is -0.491 e. The van der Waals surface area contributed by atoms with Gasteiger partial charge in [-0.2, -0.15) is 0 Å². The van der Waals surface area contributed by atoms with Crippen molar-refractivity contribution >= 4 is 11.9 Å². The van der Waals surface area contributed by atoms with E-state index in [-0.39, 0.29) is 18.6 Å². The molecule has 7 nitrogen and oxygen atoms in total. The van der Waals surface area contributed by atoms with Crippen LogP contribution in [0, 0.1) is 0 Å². The number of aliphatic hydroxyl groups is 1. The molecule has 0 heterocycles. The molecule has 2 unspecified atom stereocenters. The van der Waals surface area contributed by atoms with Crippen molar-refractivity contribution in [2.24, 2.45) is 0 Å². The maximum atomic E-state index is 11.3. The molecule has 2 atom stereocenters. The van der Waals surface area contributed by atoms with Gasteiger partial charge < -0.3 is 24.1 Å². The molecule has 0 saturated carbocycles. The van der Waals surface area contributed by atoms with Crippen molar-refractivity contribution in [2.45, 2.75) is 38.6 Å². The number of ether oxygens (including phenoxy) is 4. The Hall–Kier alpha value is -3.58. The smallest absolute Gasteiger partial charge is 0.333 e. The molecule has 0 aliphatic rings. The summed E-state index contributed by atoms with van der Waals surface area (Å²) in [5.41, 5.74) is 1.84. The zero-order valence-electron chi connectivity index (χ0n) is 19.2. The van der Waals surface area contributed by atoms with Gasteiger partial charge in [-0.25, -0.2) is 9.59 Å². The molecule has 0 amide bonds. The molecule has 0 saturated heterocycles. The third-order valence-electron chi connectivity index (χ3n) is 4.93. The Morgan fingerprint density at radius 1 is 0.909 bits per heavy atom. The first-order chi connectivity index (χ1) is 15.6. The van der Waals surface area contributed by atoms with E-state index in [2.05, 4.69) is 27.0 Å². The lowest BCUT2D eigenvalue weighted by atomic mass is 9.78. The molecule has 0 spiro atoms. The maximum Gasteiger partial charge on any atom is 0.333 e. The lowest BCUT2D eigenvalue weighted by Gasteiger charge is -2.27. The van der Waals surface area contributed by atoms with Gasteiger partial charge in [0, 0.05) is 24.5 Å². The molecule has 7 heteroatoms. The van der Waals surface area contributed by atoms with E-state index in [9.17, 15) is 14.7 Å². The number of benzene rings is 2. The summed E-state index contributed by atoms with van der Waals surface area (Å²) in [4.78, 5) is 22.3. The molecule has 1 N–H and O–H groups in total. The predicted molar refractivity (Wildman–Crippen MR) is 124 cm³/mol. The Morgan fingerprint density at radius 3 is 1.94 bits per heavy atom. The third-order valence-corrected chi connectivity index (χ3v) is 4.93. The summed E-state index contributed by atoms with van der Waals surface area (Å²) in [6.07, 6.45) is 0.462. The van der Waals surface area contributed by atoms with Crippen LogP contribution >= 0.6 is 0 Å². The van der Waals surface area contributed by atoms with Crippen LogP contribution in [0.1, 0.15) is 31.9 Å². The van der Waals surface area contributed by atoms with E-state index >= 15 is 0 Å². The molecule has 0 fully saturated rings. The molecule has 0 aliphatic heterocycles. The molecule has 2 aromatic carbocycles. The van der Waals surface area contributed by atoms with Gasteiger partial charge >= 0.3 is 11.9 Å². The minimum absolute atomic E-state index is 0.00480. The van der Waals surface area contributed by atoms with Gasteiger partial charge in [-0.1, -0.05) is 51.3 Å². The number of rotatable bonds is 12. The Labute approximate surface area is 194 Å². The van der Waals surface area contributed by atoms with E-state index in [1.807, 2.05) is 48.5 Å². The first-order valence-electron chi connectivity index (χ1n) is 10.5. The van der Waals surface area contributed by atoms with Crippen LogP contribution in [0.3, 0.4) is 0 Å². The highest BCUT2D eigenvalue weighted by Crippen LogP contribution is 2.33. The van der Waals surface area contributed by atoms with Crippen molar-refractivity contribution < 1.29 is 33.6 Å². The first kappa shape index (κ1) is 25.7. The second kappa shape index (κ2) is 11.9. The van der Waals surface area contributed by atoms with E-state index in [4.69, 9.17) is 18.9 Å². The molecule has 176 valence electrons. The minimum atomic E-state index is -0.936. The topological polar surface area (TPSA) is 91.3 Å². The molecule has 0 radical (unpaired) electrons. The quantitative estimate of drug-likeness (QED) is 0.295. The zero-order valence-corrected chi connectivity index (χ0v) is 19.2. The van der Waals surface area contributed by atoms with Gasteiger partial charge in [0.2, 0.25) is 6.29 Å². The van der Waals surface area contributed by atoms with Gasteiger partial charge in [-0.3, -0.25) is 0 Å². The van der Waals surface area contributed by atoms with Crippen LogP contribution in [-0.4, -0.2) is 42.7 Å². The Balaban J connectivity index is 1.96. The number of hydrogen-bond acceptors (Lipinski definition) is 7. The lowest BCUT2D eigenvalue weighted by Crippen LogP contribution is -2.24. The van der Waals surface area contributed by atoms with Crippen LogP contribution < -0.4 is 9.47 Å². The zero-order chi connectivity index (χ0) is 24.4. The van der Waals surface area contributed by atoms with Crippen molar-refractivity contribution in [3.63, 3.8) is 0 Å². The molecule has 0 aliphatic carbocycles. The van der Waals surface area contributed by atoms with E-state index in [1.165, 1.54) is 0 Å². The molecular formula is C26H30O7. The standard InChI is InChI=1S/C26H30O7/c1-6-24(28)31-17-21(27)16-30-22-12-8-19(9-13-22)26(4,5)20-10-14-23(15-11-20)32-18(3)33-25(29)7-2/h6-15,18,21,27H,1-2,16-17H2,3-5H3. The fourth-order valence-electron chi connectivity index (χ4n) is 2.99. The van der Waals surface area contributed by atoms with Gasteiger partial charge in [0.25, 0.3) is 0 Å². The maximum absolute atomic E-state index is 11.3. The number of carbonyl (C=O) groups is 2. The monoisotopic (exact) mass is 454 g/mol. The van der Waals surface area contributed by atoms with Gasteiger partial charge in [0.15, 0.2) is 0 Å². The summed E-state index contributed by atoms with van der Waals surface area (Å²) in [6.45, 7) is 12.3. The van der Waals surface area contributed by atoms with Crippen LogP contribution in [0.2, 0.25) is 0 Å². The van der Waals surface area contributed by atoms with E-state index < -0.39 is 24.3 Å². The molecule has 0 aromatic heterocycles. The summed E-state index contributed by atoms with van der Waals surface area (Å²) < 4.78 is 21.0.